The molecule has 0 spiro atoms. The van der Waals surface area contributed by atoms with Crippen molar-refractivity contribution in [3.8, 4) is 6.07 Å². The van der Waals surface area contributed by atoms with Crippen LogP contribution in [0.5, 0.6) is 0 Å². The lowest BCUT2D eigenvalue weighted by molar-refractivity contribution is 0.0486. The van der Waals surface area contributed by atoms with E-state index >= 15 is 0 Å². The number of hydrogen-bond acceptors (Lipinski definition) is 4. The molecule has 1 N–H and O–H groups in total. The first-order valence-corrected chi connectivity index (χ1v) is 5.13. The quantitative estimate of drug-likeness (QED) is 0.563. The molecule has 0 aromatic carbocycles. The third-order valence-electron chi connectivity index (χ3n) is 1.66. The molecular weight excluding hydrogens is 180 g/mol. The maximum atomic E-state index is 8.73. The molecule has 0 aromatic rings. The molecule has 0 saturated carbocycles. The Labute approximate surface area is 86.2 Å². The molecule has 0 aliphatic carbocycles. The highest BCUT2D eigenvalue weighted by molar-refractivity contribution is 4.89. The highest BCUT2D eigenvalue weighted by atomic mass is 16.5. The smallest absolute Gasteiger partial charge is 0.119 e. The summed E-state index contributed by atoms with van der Waals surface area (Å²) in [5, 5.41) is 11.8. The first-order chi connectivity index (χ1) is 6.85. The van der Waals surface area contributed by atoms with Gasteiger partial charge in [-0.1, -0.05) is 6.92 Å². The highest BCUT2D eigenvalue weighted by Gasteiger charge is 2.04. The normalized spacial score (nSPS) is 12.4. The average molecular weight is 200 g/mol. The number of rotatable bonds is 9. The lowest BCUT2D eigenvalue weighted by Crippen LogP contribution is -2.33. The van der Waals surface area contributed by atoms with Crippen molar-refractivity contribution in [2.75, 3.05) is 33.0 Å². The Balaban J connectivity index is 3.30. The van der Waals surface area contributed by atoms with Gasteiger partial charge in [-0.15, -0.1) is 0 Å². The van der Waals surface area contributed by atoms with E-state index in [0.29, 0.717) is 26.4 Å². The molecule has 0 aromatic heterocycles. The summed E-state index contributed by atoms with van der Waals surface area (Å²) in [6.07, 6.45) is 1.02. The second-order valence-corrected chi connectivity index (χ2v) is 2.91. The van der Waals surface area contributed by atoms with Gasteiger partial charge in [0, 0.05) is 6.61 Å². The Kier molecular flexibility index (Phi) is 9.98. The van der Waals surface area contributed by atoms with Crippen molar-refractivity contribution in [3.05, 3.63) is 0 Å². The Bertz CT molecular complexity index is 157. The summed E-state index contributed by atoms with van der Waals surface area (Å²) in [4.78, 5) is 0. The first kappa shape index (κ1) is 13.4. The molecule has 0 rings (SSSR count). The van der Waals surface area contributed by atoms with Crippen molar-refractivity contribution in [1.82, 2.24) is 5.32 Å². The molecule has 0 bridgehead atoms. The van der Waals surface area contributed by atoms with Gasteiger partial charge in [-0.25, -0.2) is 0 Å². The molecule has 1 unspecified atom stereocenters. The molecule has 0 aliphatic rings. The fourth-order valence-corrected chi connectivity index (χ4v) is 0.924. The summed E-state index contributed by atoms with van der Waals surface area (Å²) in [5.74, 6) is 0. The zero-order chi connectivity index (χ0) is 10.6. The van der Waals surface area contributed by atoms with Crippen LogP contribution < -0.4 is 5.32 Å². The van der Waals surface area contributed by atoms with Crippen LogP contribution >= 0.6 is 0 Å². The van der Waals surface area contributed by atoms with Crippen LogP contribution in [0.2, 0.25) is 0 Å². The van der Waals surface area contributed by atoms with E-state index in [9.17, 15) is 0 Å². The van der Waals surface area contributed by atoms with E-state index in [4.69, 9.17) is 14.7 Å². The Morgan fingerprint density at radius 3 is 2.57 bits per heavy atom. The highest BCUT2D eigenvalue weighted by Crippen LogP contribution is 1.86. The van der Waals surface area contributed by atoms with Crippen LogP contribution in [0.15, 0.2) is 0 Å². The summed E-state index contributed by atoms with van der Waals surface area (Å²) >= 11 is 0. The minimum atomic E-state index is -0.198. The van der Waals surface area contributed by atoms with Crippen LogP contribution in [-0.4, -0.2) is 39.0 Å². The van der Waals surface area contributed by atoms with Gasteiger partial charge in [0.1, 0.15) is 6.04 Å². The van der Waals surface area contributed by atoms with Gasteiger partial charge in [0.15, 0.2) is 0 Å². The Hall–Kier alpha value is -0.630. The molecule has 1 atom stereocenters. The predicted molar refractivity (Wildman–Crippen MR) is 55.0 cm³/mol. The largest absolute Gasteiger partial charge is 0.379 e. The molecule has 0 saturated heterocycles. The topological polar surface area (TPSA) is 54.3 Å². The number of nitrogens with one attached hydrogen (secondary N) is 1. The van der Waals surface area contributed by atoms with Crippen molar-refractivity contribution in [3.63, 3.8) is 0 Å². The fourth-order valence-electron chi connectivity index (χ4n) is 0.924. The molecule has 4 heteroatoms. The lowest BCUT2D eigenvalue weighted by atomic mass is 10.3. The number of nitrogens with zero attached hydrogens (tertiary/aromatic N) is 1. The van der Waals surface area contributed by atoms with Crippen LogP contribution in [0.3, 0.4) is 0 Å². The third kappa shape index (κ3) is 7.99. The van der Waals surface area contributed by atoms with E-state index in [1.54, 1.807) is 0 Å². The van der Waals surface area contributed by atoms with Gasteiger partial charge >= 0.3 is 0 Å². The molecule has 0 radical (unpaired) electrons. The van der Waals surface area contributed by atoms with Gasteiger partial charge in [-0.05, 0) is 19.9 Å². The molecule has 0 fully saturated rings. The zero-order valence-corrected chi connectivity index (χ0v) is 9.08. The van der Waals surface area contributed by atoms with Crippen LogP contribution in [0.1, 0.15) is 20.3 Å². The van der Waals surface area contributed by atoms with Crippen molar-refractivity contribution in [2.45, 2.75) is 26.3 Å². The van der Waals surface area contributed by atoms with Crippen molar-refractivity contribution < 1.29 is 9.47 Å². The van der Waals surface area contributed by atoms with E-state index in [0.717, 1.165) is 13.0 Å². The minimum absolute atomic E-state index is 0.198. The van der Waals surface area contributed by atoms with Gasteiger partial charge in [-0.2, -0.15) is 5.26 Å². The maximum absolute atomic E-state index is 8.73. The van der Waals surface area contributed by atoms with Gasteiger partial charge < -0.3 is 14.8 Å². The molecule has 0 amide bonds. The fraction of sp³-hybridized carbons (Fsp3) is 0.900. The van der Waals surface area contributed by atoms with Crippen molar-refractivity contribution in [2.24, 2.45) is 0 Å². The number of ether oxygens (including phenoxy) is 2. The van der Waals surface area contributed by atoms with Crippen molar-refractivity contribution in [1.29, 1.82) is 5.26 Å². The number of hydrogen-bond donors (Lipinski definition) is 1. The van der Waals surface area contributed by atoms with Gasteiger partial charge in [0.25, 0.3) is 0 Å². The lowest BCUT2D eigenvalue weighted by Gasteiger charge is -2.10. The zero-order valence-electron chi connectivity index (χ0n) is 9.08. The summed E-state index contributed by atoms with van der Waals surface area (Å²) in [5.41, 5.74) is 0. The van der Waals surface area contributed by atoms with Crippen LogP contribution in [-0.2, 0) is 9.47 Å². The summed E-state index contributed by atoms with van der Waals surface area (Å²) < 4.78 is 10.4. The Morgan fingerprint density at radius 1 is 1.29 bits per heavy atom. The molecule has 14 heavy (non-hydrogen) atoms. The van der Waals surface area contributed by atoms with Crippen molar-refractivity contribution >= 4 is 0 Å². The van der Waals surface area contributed by atoms with E-state index in [1.165, 1.54) is 0 Å². The minimum Gasteiger partial charge on any atom is -0.379 e. The predicted octanol–water partition coefficient (Wildman–Crippen LogP) is 0.931. The standard InChI is InChI=1S/C10H20N2O2/c1-3-5-12-10(8-11)9-14-7-6-13-4-2/h10,12H,3-7,9H2,1-2H3. The summed E-state index contributed by atoms with van der Waals surface area (Å²) in [6.45, 7) is 7.16. The van der Waals surface area contributed by atoms with Gasteiger partial charge in [0.2, 0.25) is 0 Å². The second-order valence-electron chi connectivity index (χ2n) is 2.91. The molecular formula is C10H20N2O2. The molecule has 82 valence electrons. The average Bonchev–Trinajstić information content (AvgIpc) is 2.22. The SMILES string of the molecule is CCCNC(C#N)COCCOCC. The van der Waals surface area contributed by atoms with Crippen LogP contribution in [0.25, 0.3) is 0 Å². The van der Waals surface area contributed by atoms with Crippen LogP contribution in [0.4, 0.5) is 0 Å². The van der Waals surface area contributed by atoms with E-state index < -0.39 is 0 Å². The first-order valence-electron chi connectivity index (χ1n) is 5.13. The number of nitriles is 1. The van der Waals surface area contributed by atoms with E-state index in [2.05, 4.69) is 18.3 Å². The van der Waals surface area contributed by atoms with E-state index in [-0.39, 0.29) is 6.04 Å². The third-order valence-corrected chi connectivity index (χ3v) is 1.66. The molecule has 4 nitrogen and oxygen atoms in total. The van der Waals surface area contributed by atoms with Crippen LogP contribution in [0, 0.1) is 11.3 Å². The molecule has 0 heterocycles. The Morgan fingerprint density at radius 2 is 2.00 bits per heavy atom. The second kappa shape index (κ2) is 10.5. The van der Waals surface area contributed by atoms with Gasteiger partial charge in [-0.3, -0.25) is 0 Å². The summed E-state index contributed by atoms with van der Waals surface area (Å²) in [7, 11) is 0. The molecule has 0 aliphatic heterocycles. The maximum Gasteiger partial charge on any atom is 0.119 e. The van der Waals surface area contributed by atoms with E-state index in [1.807, 2.05) is 6.92 Å². The summed E-state index contributed by atoms with van der Waals surface area (Å²) in [6, 6.07) is 1.95. The monoisotopic (exact) mass is 200 g/mol. The van der Waals surface area contributed by atoms with Gasteiger partial charge in [0.05, 0.1) is 25.9 Å².